The van der Waals surface area contributed by atoms with Crippen LogP contribution >= 0.6 is 12.4 Å². The predicted molar refractivity (Wildman–Crippen MR) is 110 cm³/mol. The lowest BCUT2D eigenvalue weighted by Crippen LogP contribution is -2.83. The lowest BCUT2D eigenvalue weighted by atomic mass is 10.0. The van der Waals surface area contributed by atoms with Crippen LogP contribution in [0.5, 0.6) is 17.2 Å². The summed E-state index contributed by atoms with van der Waals surface area (Å²) in [5.74, 6) is 0.937. The topological polar surface area (TPSA) is 97.6 Å². The molecule has 3 aromatic rings. The molecule has 0 saturated heterocycles. The second kappa shape index (κ2) is 10.2. The van der Waals surface area contributed by atoms with Gasteiger partial charge in [0.2, 0.25) is 0 Å². The first-order chi connectivity index (χ1) is 13.6. The van der Waals surface area contributed by atoms with Crippen molar-refractivity contribution in [3.63, 3.8) is 0 Å². The summed E-state index contributed by atoms with van der Waals surface area (Å²) in [5.41, 5.74) is 1.33. The van der Waals surface area contributed by atoms with Crippen LogP contribution in [0, 0.1) is 0 Å². The minimum Gasteiger partial charge on any atom is -0.872 e. The van der Waals surface area contributed by atoms with Gasteiger partial charge >= 0.3 is 5.63 Å². The Balaban J connectivity index is 0.00000300. The maximum Gasteiger partial charge on any atom is 0.344 e. The van der Waals surface area contributed by atoms with E-state index in [1.54, 1.807) is 44.6 Å². The number of rotatable bonds is 8. The van der Waals surface area contributed by atoms with Gasteiger partial charge in [0.15, 0.2) is 11.5 Å². The highest BCUT2D eigenvalue weighted by molar-refractivity contribution is 5.86. The SMILES string of the molecule is COCC[NH2+]Cc1c([O-])ccc2cc(-c3ccc(OC)c(OC)c3)c(=O)oc12.Cl. The van der Waals surface area contributed by atoms with Crippen LogP contribution < -0.4 is 25.5 Å². The Labute approximate surface area is 174 Å². The first-order valence-corrected chi connectivity index (χ1v) is 8.88. The fourth-order valence-electron chi connectivity index (χ4n) is 3.07. The molecule has 0 spiro atoms. The number of nitrogens with two attached hydrogens (primary N) is 1. The Bertz CT molecular complexity index is 1030. The van der Waals surface area contributed by atoms with Crippen molar-refractivity contribution in [2.45, 2.75) is 6.54 Å². The summed E-state index contributed by atoms with van der Waals surface area (Å²) in [7, 11) is 4.71. The predicted octanol–water partition coefficient (Wildman–Crippen LogP) is 1.68. The van der Waals surface area contributed by atoms with Crippen LogP contribution in [0.1, 0.15) is 5.56 Å². The molecule has 0 radical (unpaired) electrons. The Morgan fingerprint density at radius 3 is 2.48 bits per heavy atom. The molecular formula is C21H24ClNO6. The normalized spacial score (nSPS) is 10.6. The molecule has 7 nitrogen and oxygen atoms in total. The Morgan fingerprint density at radius 2 is 1.79 bits per heavy atom. The van der Waals surface area contributed by atoms with Gasteiger partial charge in [-0.2, -0.15) is 0 Å². The van der Waals surface area contributed by atoms with E-state index in [-0.39, 0.29) is 18.2 Å². The molecule has 0 aliphatic carbocycles. The molecular weight excluding hydrogens is 398 g/mol. The van der Waals surface area contributed by atoms with Crippen molar-refractivity contribution >= 4 is 23.4 Å². The van der Waals surface area contributed by atoms with Crippen molar-refractivity contribution in [2.24, 2.45) is 0 Å². The summed E-state index contributed by atoms with van der Waals surface area (Å²) >= 11 is 0. The monoisotopic (exact) mass is 421 g/mol. The minimum absolute atomic E-state index is 0. The number of hydrogen-bond donors (Lipinski definition) is 1. The molecule has 0 amide bonds. The number of benzene rings is 2. The highest BCUT2D eigenvalue weighted by Gasteiger charge is 2.14. The van der Waals surface area contributed by atoms with E-state index >= 15 is 0 Å². The molecule has 0 atom stereocenters. The van der Waals surface area contributed by atoms with Crippen molar-refractivity contribution in [3.05, 3.63) is 52.4 Å². The molecule has 8 heteroatoms. The number of hydrogen-bond acceptors (Lipinski definition) is 6. The maximum atomic E-state index is 12.7. The zero-order valence-electron chi connectivity index (χ0n) is 16.5. The van der Waals surface area contributed by atoms with Crippen molar-refractivity contribution in [1.29, 1.82) is 0 Å². The van der Waals surface area contributed by atoms with Gasteiger partial charge in [-0.25, -0.2) is 4.79 Å². The second-order valence-electron chi connectivity index (χ2n) is 6.25. The van der Waals surface area contributed by atoms with Crippen molar-refractivity contribution < 1.29 is 29.1 Å². The van der Waals surface area contributed by atoms with Gasteiger partial charge in [0.1, 0.15) is 12.1 Å². The Hall–Kier alpha value is -2.74. The Morgan fingerprint density at radius 1 is 1.03 bits per heavy atom. The molecule has 1 heterocycles. The molecule has 0 bridgehead atoms. The van der Waals surface area contributed by atoms with Crippen molar-refractivity contribution in [1.82, 2.24) is 0 Å². The highest BCUT2D eigenvalue weighted by atomic mass is 35.5. The van der Waals surface area contributed by atoms with Crippen LogP contribution in [-0.2, 0) is 11.3 Å². The van der Waals surface area contributed by atoms with E-state index in [0.29, 0.717) is 58.9 Å². The summed E-state index contributed by atoms with van der Waals surface area (Å²) in [5, 5.41) is 14.9. The van der Waals surface area contributed by atoms with E-state index in [1.807, 2.05) is 5.32 Å². The van der Waals surface area contributed by atoms with Crippen molar-refractivity contribution in [3.8, 4) is 28.4 Å². The van der Waals surface area contributed by atoms with E-state index in [4.69, 9.17) is 18.6 Å². The van der Waals surface area contributed by atoms with Crippen LogP contribution in [0.25, 0.3) is 22.1 Å². The second-order valence-corrected chi connectivity index (χ2v) is 6.25. The summed E-state index contributed by atoms with van der Waals surface area (Å²) in [6, 6.07) is 10.1. The third-order valence-corrected chi connectivity index (χ3v) is 4.53. The summed E-state index contributed by atoms with van der Waals surface area (Å²) < 4.78 is 21.1. The lowest BCUT2D eigenvalue weighted by molar-refractivity contribution is -0.672. The van der Waals surface area contributed by atoms with Crippen molar-refractivity contribution in [2.75, 3.05) is 34.5 Å². The number of quaternary nitrogens is 1. The summed E-state index contributed by atoms with van der Waals surface area (Å²) in [4.78, 5) is 12.7. The molecule has 0 saturated carbocycles. The van der Waals surface area contributed by atoms with Crippen LogP contribution in [0.3, 0.4) is 0 Å². The van der Waals surface area contributed by atoms with Gasteiger partial charge in [0.05, 0.1) is 32.9 Å². The number of halogens is 1. The molecule has 156 valence electrons. The fourth-order valence-corrected chi connectivity index (χ4v) is 3.07. The summed E-state index contributed by atoms with van der Waals surface area (Å²) in [6.45, 7) is 1.70. The largest absolute Gasteiger partial charge is 0.872 e. The Kier molecular flexibility index (Phi) is 7.90. The van der Waals surface area contributed by atoms with E-state index in [2.05, 4.69) is 0 Å². The quantitative estimate of drug-likeness (QED) is 0.439. The molecule has 3 rings (SSSR count). The molecule has 2 aromatic carbocycles. The van der Waals surface area contributed by atoms with E-state index in [0.717, 1.165) is 0 Å². The molecule has 0 aliphatic rings. The van der Waals surface area contributed by atoms with Crippen LogP contribution in [0.2, 0.25) is 0 Å². The van der Waals surface area contributed by atoms with Crippen LogP contribution in [0.15, 0.2) is 45.6 Å². The summed E-state index contributed by atoms with van der Waals surface area (Å²) in [6.07, 6.45) is 0. The first kappa shape index (κ1) is 22.5. The van der Waals surface area contributed by atoms with Gasteiger partial charge in [-0.1, -0.05) is 23.9 Å². The third kappa shape index (κ3) is 4.82. The number of ether oxygens (including phenoxy) is 3. The van der Waals surface area contributed by atoms with Gasteiger partial charge in [-0.05, 0) is 23.8 Å². The first-order valence-electron chi connectivity index (χ1n) is 8.88. The fraction of sp³-hybridized carbons (Fsp3) is 0.286. The molecule has 1 aromatic heterocycles. The average molecular weight is 422 g/mol. The van der Waals surface area contributed by atoms with Gasteiger partial charge < -0.3 is 29.1 Å². The highest BCUT2D eigenvalue weighted by Crippen LogP contribution is 2.33. The van der Waals surface area contributed by atoms with E-state index < -0.39 is 5.63 Å². The minimum atomic E-state index is -0.511. The maximum absolute atomic E-state index is 12.7. The molecule has 29 heavy (non-hydrogen) atoms. The molecule has 2 N–H and O–H groups in total. The van der Waals surface area contributed by atoms with Gasteiger partial charge in [0, 0.05) is 18.1 Å². The van der Waals surface area contributed by atoms with E-state index in [1.165, 1.54) is 13.2 Å². The standard InChI is InChI=1S/C21H23NO6.ClH/c1-25-9-8-22-12-16-17(23)6-4-14-10-15(21(24)28-20(14)16)13-5-7-18(26-2)19(11-13)27-3;/h4-7,10-11,22-23H,8-9,12H2,1-3H3;1H. The number of methoxy groups -OCH3 is 3. The van der Waals surface area contributed by atoms with Gasteiger partial charge in [0.25, 0.3) is 0 Å². The van der Waals surface area contributed by atoms with Gasteiger partial charge in [-0.15, -0.1) is 12.4 Å². The zero-order valence-corrected chi connectivity index (χ0v) is 17.3. The van der Waals surface area contributed by atoms with Gasteiger partial charge in [-0.3, -0.25) is 0 Å². The molecule has 0 unspecified atom stereocenters. The van der Waals surface area contributed by atoms with Crippen LogP contribution in [0.4, 0.5) is 0 Å². The smallest absolute Gasteiger partial charge is 0.344 e. The molecule has 0 aliphatic heterocycles. The van der Waals surface area contributed by atoms with Crippen LogP contribution in [-0.4, -0.2) is 34.5 Å². The third-order valence-electron chi connectivity index (χ3n) is 4.53. The lowest BCUT2D eigenvalue weighted by Gasteiger charge is -2.15. The van der Waals surface area contributed by atoms with E-state index in [9.17, 15) is 9.90 Å². The molecule has 0 fully saturated rings. The average Bonchev–Trinajstić information content (AvgIpc) is 2.71. The number of fused-ring (bicyclic) bond motifs is 1. The zero-order chi connectivity index (χ0) is 20.1.